The van der Waals surface area contributed by atoms with Crippen LogP contribution in [0.2, 0.25) is 0 Å². The van der Waals surface area contributed by atoms with E-state index in [4.69, 9.17) is 9.94 Å². The summed E-state index contributed by atoms with van der Waals surface area (Å²) in [7, 11) is 1.25. The minimum atomic E-state index is -1.85. The monoisotopic (exact) mass is 739 g/mol. The normalized spacial score (nSPS) is 35.7. The second-order valence-electron chi connectivity index (χ2n) is 18.7. The van der Waals surface area contributed by atoms with E-state index in [-0.39, 0.29) is 46.0 Å². The molecule has 3 rings (SSSR count). The quantitative estimate of drug-likeness (QED) is 0.0556. The number of aliphatic hydroxyl groups is 5. The Kier molecular flexibility index (Phi) is 14.7. The van der Waals surface area contributed by atoms with Crippen LogP contribution in [0.25, 0.3) is 0 Å². The number of aliphatic hydroxyl groups excluding tert-OH is 5. The number of carbonyl (C=O) groups is 2. The summed E-state index contributed by atoms with van der Waals surface area (Å²) in [5, 5.41) is 65.2. The van der Waals surface area contributed by atoms with Crippen molar-refractivity contribution in [1.29, 1.82) is 0 Å². The zero-order valence-electron chi connectivity index (χ0n) is 34.0. The van der Waals surface area contributed by atoms with Gasteiger partial charge in [0.05, 0.1) is 18.6 Å². The summed E-state index contributed by atoms with van der Waals surface area (Å²) < 4.78 is 0. The largest absolute Gasteiger partial charge is 0.481 e. The van der Waals surface area contributed by atoms with E-state index in [1.54, 1.807) is 0 Å². The molecule has 0 aromatic carbocycles. The fraction of sp³-hybridized carbons (Fsp3) is 0.902. The summed E-state index contributed by atoms with van der Waals surface area (Å²) >= 11 is 0. The van der Waals surface area contributed by atoms with Crippen molar-refractivity contribution in [2.45, 2.75) is 164 Å². The molecule has 0 saturated heterocycles. The predicted molar refractivity (Wildman–Crippen MR) is 202 cm³/mol. The Morgan fingerprint density at radius 3 is 2.17 bits per heavy atom. The van der Waals surface area contributed by atoms with Gasteiger partial charge in [0.15, 0.2) is 6.23 Å². The van der Waals surface area contributed by atoms with Gasteiger partial charge in [0.25, 0.3) is 0 Å². The number of fused-ring (bicyclic) bond motifs is 1. The van der Waals surface area contributed by atoms with Crippen LogP contribution in [-0.2, 0) is 14.4 Å². The third kappa shape index (κ3) is 8.31. The van der Waals surface area contributed by atoms with E-state index < -0.39 is 55.0 Å². The molecule has 0 heterocycles. The number of hydroxylamine groups is 2. The predicted octanol–water partition coefficient (Wildman–Crippen LogP) is 5.28. The Balaban J connectivity index is 1.79. The van der Waals surface area contributed by atoms with Gasteiger partial charge >= 0.3 is 5.97 Å². The van der Waals surface area contributed by atoms with Crippen LogP contribution < -0.4 is 5.32 Å². The number of nitrogens with zero attached hydrogens (tertiary/aromatic N) is 1. The molecule has 0 aromatic rings. The molecule has 3 fully saturated rings. The Bertz CT molecular complexity index is 1240. The second kappa shape index (κ2) is 17.0. The first-order chi connectivity index (χ1) is 24.0. The molecular formula is C41H74N2O9. The highest BCUT2D eigenvalue weighted by Gasteiger charge is 2.63. The van der Waals surface area contributed by atoms with E-state index in [1.807, 2.05) is 6.92 Å². The van der Waals surface area contributed by atoms with Gasteiger partial charge in [-0.3, -0.25) is 14.4 Å². The van der Waals surface area contributed by atoms with Crippen LogP contribution in [0.1, 0.15) is 133 Å². The third-order valence-electron chi connectivity index (χ3n) is 15.5. The zero-order chi connectivity index (χ0) is 39.6. The number of allylic oxidation sites excluding steroid dienone is 1. The van der Waals surface area contributed by atoms with Crippen LogP contribution in [-0.4, -0.2) is 98.4 Å². The minimum absolute atomic E-state index is 0.00556. The van der Waals surface area contributed by atoms with Gasteiger partial charge in [-0.1, -0.05) is 74.0 Å². The van der Waals surface area contributed by atoms with E-state index >= 15 is 0 Å². The molecule has 3 saturated carbocycles. The second-order valence-corrected chi connectivity index (χ2v) is 18.7. The summed E-state index contributed by atoms with van der Waals surface area (Å²) in [6.07, 6.45) is 1.91. The molecule has 0 radical (unpaired) electrons. The van der Waals surface area contributed by atoms with Gasteiger partial charge in [-0.2, -0.15) is 0 Å². The van der Waals surface area contributed by atoms with Crippen LogP contribution >= 0.6 is 0 Å². The maximum atomic E-state index is 13.5. The Labute approximate surface area is 313 Å². The lowest BCUT2D eigenvalue weighted by Gasteiger charge is -2.67. The van der Waals surface area contributed by atoms with Crippen molar-refractivity contribution in [1.82, 2.24) is 10.4 Å². The lowest BCUT2D eigenvalue weighted by molar-refractivity contribution is -0.261. The van der Waals surface area contributed by atoms with Gasteiger partial charge in [0.2, 0.25) is 5.91 Å². The van der Waals surface area contributed by atoms with Gasteiger partial charge in [-0.15, -0.1) is 5.06 Å². The van der Waals surface area contributed by atoms with Gasteiger partial charge in [-0.25, -0.2) is 0 Å². The zero-order valence-corrected chi connectivity index (χ0v) is 34.0. The summed E-state index contributed by atoms with van der Waals surface area (Å²) in [5.74, 6) is -0.0278. The van der Waals surface area contributed by atoms with Crippen molar-refractivity contribution in [3.8, 4) is 0 Å². The number of rotatable bonds is 18. The average Bonchev–Trinajstić information content (AvgIpc) is 3.42. The van der Waals surface area contributed by atoms with Crippen molar-refractivity contribution in [3.63, 3.8) is 0 Å². The Morgan fingerprint density at radius 1 is 1.02 bits per heavy atom. The molecule has 11 heteroatoms. The first kappa shape index (κ1) is 44.8. The summed E-state index contributed by atoms with van der Waals surface area (Å²) in [4.78, 5) is 31.6. The molecule has 7 N–H and O–H groups in total. The molecule has 11 nitrogen and oxygen atoms in total. The van der Waals surface area contributed by atoms with Gasteiger partial charge in [0, 0.05) is 12.6 Å². The maximum Gasteiger partial charge on any atom is 0.309 e. The number of aliphatic carboxylic acids is 1. The molecule has 52 heavy (non-hydrogen) atoms. The van der Waals surface area contributed by atoms with Gasteiger partial charge in [-0.05, 0) is 116 Å². The number of carbonyl (C=O) groups excluding carboxylic acids is 1. The van der Waals surface area contributed by atoms with E-state index in [0.29, 0.717) is 24.7 Å². The summed E-state index contributed by atoms with van der Waals surface area (Å²) in [5.41, 5.74) is -0.0122. The number of nitrogens with one attached hydrogen (secondary N) is 1. The highest BCUT2D eigenvalue weighted by atomic mass is 16.7. The van der Waals surface area contributed by atoms with Crippen molar-refractivity contribution in [3.05, 3.63) is 12.2 Å². The number of amides is 1. The molecule has 3 aliphatic rings. The summed E-state index contributed by atoms with van der Waals surface area (Å²) in [6.45, 7) is 24.0. The fourth-order valence-corrected chi connectivity index (χ4v) is 11.6. The first-order valence-electron chi connectivity index (χ1n) is 19.8. The van der Waals surface area contributed by atoms with Gasteiger partial charge < -0.3 is 36.0 Å². The number of carboxylic acids is 1. The number of hydrogen-bond acceptors (Lipinski definition) is 9. The van der Waals surface area contributed by atoms with E-state index in [0.717, 1.165) is 62.0 Å². The van der Waals surface area contributed by atoms with Crippen LogP contribution in [0.4, 0.5) is 0 Å². The standard InChI is InChI=1S/C41H74N2O9/c1-12-13-30-39(9)18-16-31(42-32(46)24-43(52-11)35(49)34(48)33(47)28(45)17-23-44)38(7,8)29(39)15-19-40(30,10)37(5,6)21-22-41(36(50)51)20-14-27(25(2)3)26(41)4/h26-31,33-35,44-45,47-49H,2,12-24H2,1,3-11H3,(H,42,46)(H,50,51)/t26?,27-,28+,29?,30?,31-,33?,34+,35+,39-,40+,41-/m0/s1. The summed E-state index contributed by atoms with van der Waals surface area (Å²) in [6, 6.07) is -0.143. The molecule has 1 amide bonds. The molecule has 0 aliphatic heterocycles. The Hall–Kier alpha value is -1.60. The highest BCUT2D eigenvalue weighted by Crippen LogP contribution is 2.69. The van der Waals surface area contributed by atoms with Crippen molar-refractivity contribution < 1.29 is 45.1 Å². The Morgan fingerprint density at radius 2 is 1.65 bits per heavy atom. The topological polar surface area (TPSA) is 180 Å². The molecule has 0 aromatic heterocycles. The molecule has 4 unspecified atom stereocenters. The molecule has 302 valence electrons. The van der Waals surface area contributed by atoms with E-state index in [9.17, 15) is 35.1 Å². The lowest BCUT2D eigenvalue weighted by Crippen LogP contribution is -2.64. The maximum absolute atomic E-state index is 13.5. The minimum Gasteiger partial charge on any atom is -0.481 e. The van der Waals surface area contributed by atoms with Crippen LogP contribution in [0.15, 0.2) is 12.2 Å². The number of hydrogen-bond donors (Lipinski definition) is 7. The van der Waals surface area contributed by atoms with Crippen molar-refractivity contribution in [2.24, 2.45) is 50.7 Å². The van der Waals surface area contributed by atoms with E-state index in [1.165, 1.54) is 7.11 Å². The average molecular weight is 739 g/mol. The van der Waals surface area contributed by atoms with Crippen molar-refractivity contribution >= 4 is 11.9 Å². The third-order valence-corrected chi connectivity index (χ3v) is 15.5. The smallest absolute Gasteiger partial charge is 0.309 e. The highest BCUT2D eigenvalue weighted by molar-refractivity contribution is 5.78. The molecular weight excluding hydrogens is 664 g/mol. The van der Waals surface area contributed by atoms with Crippen LogP contribution in [0.3, 0.4) is 0 Å². The number of carboxylic acid groups (broad SMARTS) is 1. The van der Waals surface area contributed by atoms with Crippen molar-refractivity contribution in [2.75, 3.05) is 20.3 Å². The van der Waals surface area contributed by atoms with Gasteiger partial charge in [0.1, 0.15) is 18.8 Å². The molecule has 0 bridgehead atoms. The molecule has 0 spiro atoms. The van der Waals surface area contributed by atoms with E-state index in [2.05, 4.69) is 67.3 Å². The molecule has 3 aliphatic carbocycles. The van der Waals surface area contributed by atoms with Crippen LogP contribution in [0.5, 0.6) is 0 Å². The lowest BCUT2D eigenvalue weighted by atomic mass is 9.38. The van der Waals surface area contributed by atoms with Crippen LogP contribution in [0, 0.1) is 50.7 Å². The SMILES string of the molecule is C=C(C)[C@@H]1CC[C@@](CCC(C)(C)[C@]2(C)CCC3C(C)(C)[C@@H](NC(=O)CN(OC)[C@H](O)[C@H](O)C(O)[C@H](O)CCO)CC[C@]3(C)C2CCC)(C(=O)O)C1C. The fourth-order valence-electron chi connectivity index (χ4n) is 11.6. The first-order valence-corrected chi connectivity index (χ1v) is 19.8. The molecule has 12 atom stereocenters.